The van der Waals surface area contributed by atoms with Crippen molar-refractivity contribution in [1.82, 2.24) is 10.9 Å². The van der Waals surface area contributed by atoms with Crippen molar-refractivity contribution in [2.24, 2.45) is 0 Å². The molecule has 0 saturated carbocycles. The van der Waals surface area contributed by atoms with Crippen LogP contribution in [0.15, 0.2) is 48.5 Å². The number of rotatable bonds is 7. The number of hydrazine groups is 1. The van der Waals surface area contributed by atoms with Crippen LogP contribution in [0.3, 0.4) is 0 Å². The molecule has 0 fully saturated rings. The molecular weight excluding hydrogens is 351 g/mol. The Hall–Kier alpha value is -3.09. The molecule has 1 atom stereocenters. The molecule has 0 aliphatic heterocycles. The Kier molecular flexibility index (Phi) is 7.16. The number of hydrogen-bond acceptors (Lipinski definition) is 4. The Bertz CT molecular complexity index is 778. The van der Waals surface area contributed by atoms with Crippen LogP contribution >= 0.6 is 0 Å². The zero-order valence-corrected chi connectivity index (χ0v) is 15.5. The summed E-state index contributed by atoms with van der Waals surface area (Å²) in [5.41, 5.74) is 5.61. The number of para-hydroxylation sites is 1. The minimum atomic E-state index is -0.994. The van der Waals surface area contributed by atoms with Crippen LogP contribution in [0.5, 0.6) is 11.5 Å². The Morgan fingerprint density at radius 2 is 1.67 bits per heavy atom. The van der Waals surface area contributed by atoms with Crippen LogP contribution in [0.4, 0.5) is 4.39 Å². The van der Waals surface area contributed by atoms with Gasteiger partial charge in [0.1, 0.15) is 5.75 Å². The molecule has 2 N–H and O–H groups in total. The van der Waals surface area contributed by atoms with Crippen molar-refractivity contribution in [3.05, 3.63) is 59.9 Å². The molecule has 2 aromatic rings. The van der Waals surface area contributed by atoms with E-state index in [4.69, 9.17) is 9.47 Å². The molecule has 27 heavy (non-hydrogen) atoms. The molecule has 0 heterocycles. The third kappa shape index (κ3) is 6.29. The van der Waals surface area contributed by atoms with Gasteiger partial charge in [0.2, 0.25) is 0 Å². The molecule has 2 rings (SSSR count). The minimum Gasteiger partial charge on any atom is -0.484 e. The average molecular weight is 374 g/mol. The predicted octanol–water partition coefficient (Wildman–Crippen LogP) is 2.94. The summed E-state index contributed by atoms with van der Waals surface area (Å²) in [5, 5.41) is 0. The second-order valence-corrected chi connectivity index (χ2v) is 6.24. The van der Waals surface area contributed by atoms with Gasteiger partial charge >= 0.3 is 0 Å². The molecule has 144 valence electrons. The molecule has 0 aliphatic rings. The van der Waals surface area contributed by atoms with Crippen LogP contribution in [0.25, 0.3) is 0 Å². The summed E-state index contributed by atoms with van der Waals surface area (Å²) in [5.74, 6) is -0.803. The Morgan fingerprint density at radius 1 is 1.00 bits per heavy atom. The standard InChI is InChI=1S/C20H23FN2O4/c1-13(2)15-8-10-16(11-9-15)26-12-19(24)22-23-20(25)14(3)27-18-7-5-4-6-17(18)21/h4-11,13-14H,12H2,1-3H3,(H,22,24)(H,23,25)/t14-/m1/s1. The highest BCUT2D eigenvalue weighted by Crippen LogP contribution is 2.18. The monoisotopic (exact) mass is 374 g/mol. The van der Waals surface area contributed by atoms with Gasteiger partial charge in [-0.2, -0.15) is 0 Å². The highest BCUT2D eigenvalue weighted by molar-refractivity contribution is 5.85. The maximum Gasteiger partial charge on any atom is 0.279 e. The van der Waals surface area contributed by atoms with E-state index in [9.17, 15) is 14.0 Å². The topological polar surface area (TPSA) is 76.7 Å². The molecule has 0 aliphatic carbocycles. The maximum atomic E-state index is 13.5. The maximum absolute atomic E-state index is 13.5. The summed E-state index contributed by atoms with van der Waals surface area (Å²) in [4.78, 5) is 23.7. The molecule has 7 heteroatoms. The fourth-order valence-corrected chi connectivity index (χ4v) is 2.15. The third-order valence-electron chi connectivity index (χ3n) is 3.75. The first-order valence-electron chi connectivity index (χ1n) is 8.59. The predicted molar refractivity (Wildman–Crippen MR) is 98.8 cm³/mol. The number of amides is 2. The zero-order chi connectivity index (χ0) is 19.8. The first-order valence-corrected chi connectivity index (χ1v) is 8.59. The minimum absolute atomic E-state index is 0.0420. The number of ether oxygens (including phenoxy) is 2. The van der Waals surface area contributed by atoms with Gasteiger partial charge in [-0.1, -0.05) is 38.1 Å². The first-order chi connectivity index (χ1) is 12.9. The number of nitrogens with one attached hydrogen (secondary N) is 2. The van der Waals surface area contributed by atoms with Crippen molar-refractivity contribution in [2.75, 3.05) is 6.61 Å². The second-order valence-electron chi connectivity index (χ2n) is 6.24. The fraction of sp³-hybridized carbons (Fsp3) is 0.300. The van der Waals surface area contributed by atoms with Crippen LogP contribution in [0, 0.1) is 5.82 Å². The molecule has 0 spiro atoms. The second kappa shape index (κ2) is 9.56. The van der Waals surface area contributed by atoms with Gasteiger partial charge in [0.25, 0.3) is 11.8 Å². The Labute approximate surface area is 157 Å². The first kappa shape index (κ1) is 20.2. The summed E-state index contributed by atoms with van der Waals surface area (Å²) in [6.45, 7) is 5.36. The lowest BCUT2D eigenvalue weighted by Gasteiger charge is -2.15. The molecule has 2 aromatic carbocycles. The van der Waals surface area contributed by atoms with E-state index in [1.165, 1.54) is 30.7 Å². The van der Waals surface area contributed by atoms with Crippen LogP contribution in [0.1, 0.15) is 32.3 Å². The molecule has 2 amide bonds. The fourth-order valence-electron chi connectivity index (χ4n) is 2.15. The quantitative estimate of drug-likeness (QED) is 0.731. The van der Waals surface area contributed by atoms with Gasteiger partial charge in [0.05, 0.1) is 0 Å². The normalized spacial score (nSPS) is 11.6. The SMILES string of the molecule is CC(C)c1ccc(OCC(=O)NNC(=O)[C@@H](C)Oc2ccccc2F)cc1. The van der Waals surface area contributed by atoms with Crippen molar-refractivity contribution in [1.29, 1.82) is 0 Å². The van der Waals surface area contributed by atoms with E-state index in [2.05, 4.69) is 24.7 Å². The van der Waals surface area contributed by atoms with Crippen molar-refractivity contribution < 1.29 is 23.5 Å². The van der Waals surface area contributed by atoms with E-state index in [0.717, 1.165) is 0 Å². The van der Waals surface area contributed by atoms with Gasteiger partial charge in [0, 0.05) is 0 Å². The highest BCUT2D eigenvalue weighted by atomic mass is 19.1. The van der Waals surface area contributed by atoms with E-state index in [1.54, 1.807) is 18.2 Å². The number of carbonyl (C=O) groups excluding carboxylic acids is 2. The van der Waals surface area contributed by atoms with Gasteiger partial charge in [-0.25, -0.2) is 4.39 Å². The lowest BCUT2D eigenvalue weighted by Crippen LogP contribution is -2.48. The van der Waals surface area contributed by atoms with E-state index in [1.807, 2.05) is 12.1 Å². The van der Waals surface area contributed by atoms with Gasteiger partial charge < -0.3 is 9.47 Å². The van der Waals surface area contributed by atoms with E-state index >= 15 is 0 Å². The molecule has 0 bridgehead atoms. The van der Waals surface area contributed by atoms with E-state index < -0.39 is 23.7 Å². The van der Waals surface area contributed by atoms with Gasteiger partial charge in [0.15, 0.2) is 24.3 Å². The molecule has 0 saturated heterocycles. The Balaban J connectivity index is 1.74. The molecule has 0 unspecified atom stereocenters. The number of benzene rings is 2. The largest absolute Gasteiger partial charge is 0.484 e. The van der Waals surface area contributed by atoms with Gasteiger partial charge in [-0.15, -0.1) is 0 Å². The smallest absolute Gasteiger partial charge is 0.279 e. The number of carbonyl (C=O) groups is 2. The summed E-state index contributed by atoms with van der Waals surface area (Å²) < 4.78 is 24.1. The van der Waals surface area contributed by atoms with E-state index in [0.29, 0.717) is 11.7 Å². The van der Waals surface area contributed by atoms with Gasteiger partial charge in [-0.3, -0.25) is 20.4 Å². The lowest BCUT2D eigenvalue weighted by atomic mass is 10.0. The highest BCUT2D eigenvalue weighted by Gasteiger charge is 2.17. The van der Waals surface area contributed by atoms with Crippen molar-refractivity contribution >= 4 is 11.8 Å². The van der Waals surface area contributed by atoms with Crippen LogP contribution < -0.4 is 20.3 Å². The average Bonchev–Trinajstić information content (AvgIpc) is 2.66. The summed E-state index contributed by atoms with van der Waals surface area (Å²) >= 11 is 0. The van der Waals surface area contributed by atoms with Crippen LogP contribution in [0.2, 0.25) is 0 Å². The van der Waals surface area contributed by atoms with Crippen molar-refractivity contribution in [3.8, 4) is 11.5 Å². The molecular formula is C20H23FN2O4. The van der Waals surface area contributed by atoms with Gasteiger partial charge in [-0.05, 0) is 42.7 Å². The molecule has 0 aromatic heterocycles. The lowest BCUT2D eigenvalue weighted by molar-refractivity contribution is -0.133. The summed E-state index contributed by atoms with van der Waals surface area (Å²) in [7, 11) is 0. The van der Waals surface area contributed by atoms with E-state index in [-0.39, 0.29) is 12.4 Å². The third-order valence-corrected chi connectivity index (χ3v) is 3.75. The summed E-state index contributed by atoms with van der Waals surface area (Å²) in [6.07, 6.45) is -0.994. The summed E-state index contributed by atoms with van der Waals surface area (Å²) in [6, 6.07) is 13.2. The Morgan fingerprint density at radius 3 is 2.30 bits per heavy atom. The molecule has 6 nitrogen and oxygen atoms in total. The van der Waals surface area contributed by atoms with Crippen LogP contribution in [-0.4, -0.2) is 24.5 Å². The number of hydrogen-bond donors (Lipinski definition) is 2. The molecule has 0 radical (unpaired) electrons. The zero-order valence-electron chi connectivity index (χ0n) is 15.5. The number of halogens is 1. The van der Waals surface area contributed by atoms with Crippen molar-refractivity contribution in [2.45, 2.75) is 32.8 Å². The van der Waals surface area contributed by atoms with Crippen molar-refractivity contribution in [3.63, 3.8) is 0 Å². The van der Waals surface area contributed by atoms with Crippen LogP contribution in [-0.2, 0) is 9.59 Å².